The number of hydrogen-bond donors (Lipinski definition) is 2. The Morgan fingerprint density at radius 3 is 2.78 bits per heavy atom. The van der Waals surface area contributed by atoms with Gasteiger partial charge in [0.2, 0.25) is 0 Å². The van der Waals surface area contributed by atoms with Crippen LogP contribution in [-0.2, 0) is 13.1 Å². The molecule has 23 heavy (non-hydrogen) atoms. The first-order valence-corrected chi connectivity index (χ1v) is 8.43. The molecule has 0 spiro atoms. The fourth-order valence-electron chi connectivity index (χ4n) is 1.98. The second kappa shape index (κ2) is 10.6. The van der Waals surface area contributed by atoms with Crippen LogP contribution in [0.1, 0.15) is 28.9 Å². The van der Waals surface area contributed by atoms with Gasteiger partial charge < -0.3 is 10.6 Å². The predicted molar refractivity (Wildman–Crippen MR) is 107 cm³/mol. The molecule has 0 aliphatic carbocycles. The Labute approximate surface area is 158 Å². The van der Waals surface area contributed by atoms with Crippen LogP contribution in [0.4, 0.5) is 0 Å². The van der Waals surface area contributed by atoms with E-state index in [2.05, 4.69) is 39.6 Å². The third kappa shape index (κ3) is 6.86. The molecule has 2 heterocycles. The summed E-state index contributed by atoms with van der Waals surface area (Å²) in [5.41, 5.74) is 1.10. The van der Waals surface area contributed by atoms with E-state index in [0.717, 1.165) is 42.7 Å². The van der Waals surface area contributed by atoms with E-state index in [9.17, 15) is 0 Å². The summed E-state index contributed by atoms with van der Waals surface area (Å²) in [6.45, 7) is 9.44. The average Bonchev–Trinajstić information content (AvgIpc) is 3.11. The number of thiazole rings is 1. The molecule has 0 saturated carbocycles. The highest BCUT2D eigenvalue weighted by atomic mass is 127. The van der Waals surface area contributed by atoms with Crippen molar-refractivity contribution >= 4 is 41.3 Å². The summed E-state index contributed by atoms with van der Waals surface area (Å²) in [6.07, 6.45) is 4.78. The van der Waals surface area contributed by atoms with Gasteiger partial charge in [-0.1, -0.05) is 0 Å². The largest absolute Gasteiger partial charge is 0.357 e. The Morgan fingerprint density at radius 1 is 1.35 bits per heavy atom. The number of nitrogens with zero attached hydrogens (tertiary/aromatic N) is 4. The van der Waals surface area contributed by atoms with Crippen molar-refractivity contribution in [3.63, 3.8) is 0 Å². The predicted octanol–water partition coefficient (Wildman–Crippen LogP) is 2.72. The van der Waals surface area contributed by atoms with Crippen molar-refractivity contribution < 1.29 is 0 Å². The van der Waals surface area contributed by atoms with Crippen molar-refractivity contribution in [2.45, 2.75) is 40.3 Å². The summed E-state index contributed by atoms with van der Waals surface area (Å²) in [6, 6.07) is 1.94. The fraction of sp³-hybridized carbons (Fsp3) is 0.533. The van der Waals surface area contributed by atoms with Crippen LogP contribution in [-0.4, -0.2) is 33.8 Å². The number of nitrogens with one attached hydrogen (secondary N) is 2. The molecule has 8 heteroatoms. The first-order valence-electron chi connectivity index (χ1n) is 7.61. The van der Waals surface area contributed by atoms with Crippen LogP contribution < -0.4 is 10.6 Å². The van der Waals surface area contributed by atoms with Gasteiger partial charge in [-0.25, -0.2) is 9.98 Å². The molecular formula is C15H25IN6S. The van der Waals surface area contributed by atoms with E-state index < -0.39 is 0 Å². The molecule has 0 radical (unpaired) electrons. The van der Waals surface area contributed by atoms with Crippen LogP contribution in [0, 0.1) is 13.8 Å². The lowest BCUT2D eigenvalue weighted by molar-refractivity contribution is 0.570. The van der Waals surface area contributed by atoms with E-state index in [1.54, 1.807) is 17.5 Å². The van der Waals surface area contributed by atoms with Gasteiger partial charge in [-0.15, -0.1) is 35.3 Å². The Bertz CT molecular complexity index is 574. The van der Waals surface area contributed by atoms with Crippen LogP contribution in [0.5, 0.6) is 0 Å². The lowest BCUT2D eigenvalue weighted by Gasteiger charge is -2.10. The van der Waals surface area contributed by atoms with Gasteiger partial charge in [0, 0.05) is 36.9 Å². The van der Waals surface area contributed by atoms with Gasteiger partial charge in [0.25, 0.3) is 0 Å². The minimum Gasteiger partial charge on any atom is -0.357 e. The normalized spacial score (nSPS) is 11.2. The van der Waals surface area contributed by atoms with Crippen molar-refractivity contribution in [2.24, 2.45) is 4.99 Å². The third-order valence-electron chi connectivity index (χ3n) is 3.21. The monoisotopic (exact) mass is 448 g/mol. The quantitative estimate of drug-likeness (QED) is 0.296. The summed E-state index contributed by atoms with van der Waals surface area (Å²) in [5, 5.41) is 11.9. The van der Waals surface area contributed by atoms with E-state index in [0.29, 0.717) is 6.54 Å². The molecule has 2 aromatic rings. The number of aliphatic imine (C=N–C) groups is 1. The smallest absolute Gasteiger partial charge is 0.191 e. The molecule has 0 aliphatic rings. The standard InChI is InChI=1S/C15H24N6S.HI/c1-4-16-15(17-7-5-9-21-10-6-8-19-21)18-11-14-20-12(2)13(3)22-14;/h6,8,10H,4-5,7,9,11H2,1-3H3,(H2,16,17,18);1H. The summed E-state index contributed by atoms with van der Waals surface area (Å²) < 4.78 is 1.94. The highest BCUT2D eigenvalue weighted by Crippen LogP contribution is 2.16. The molecular weight excluding hydrogens is 423 g/mol. The first-order chi connectivity index (χ1) is 10.7. The Morgan fingerprint density at radius 2 is 2.17 bits per heavy atom. The molecule has 0 aromatic carbocycles. The molecule has 128 valence electrons. The van der Waals surface area contributed by atoms with Crippen molar-refractivity contribution in [3.8, 4) is 0 Å². The van der Waals surface area contributed by atoms with Gasteiger partial charge in [-0.2, -0.15) is 5.10 Å². The summed E-state index contributed by atoms with van der Waals surface area (Å²) in [7, 11) is 0. The second-order valence-electron chi connectivity index (χ2n) is 4.99. The summed E-state index contributed by atoms with van der Waals surface area (Å²) in [5.74, 6) is 0.841. The maximum atomic E-state index is 4.59. The Hall–Kier alpha value is -1.16. The molecule has 2 aromatic heterocycles. The van der Waals surface area contributed by atoms with E-state index in [1.165, 1.54) is 4.88 Å². The van der Waals surface area contributed by atoms with Gasteiger partial charge in [0.05, 0.1) is 12.2 Å². The first kappa shape index (κ1) is 19.9. The number of aromatic nitrogens is 3. The number of hydrogen-bond acceptors (Lipinski definition) is 4. The SMILES string of the molecule is CCNC(=NCc1nc(C)c(C)s1)NCCCn1cccn1.I. The highest BCUT2D eigenvalue weighted by Gasteiger charge is 2.03. The topological polar surface area (TPSA) is 67.1 Å². The molecule has 0 fully saturated rings. The molecule has 0 atom stereocenters. The van der Waals surface area contributed by atoms with Crippen LogP contribution in [0.3, 0.4) is 0 Å². The maximum Gasteiger partial charge on any atom is 0.191 e. The van der Waals surface area contributed by atoms with E-state index in [-0.39, 0.29) is 24.0 Å². The van der Waals surface area contributed by atoms with Crippen molar-refractivity contribution in [3.05, 3.63) is 34.0 Å². The Balaban J connectivity index is 0.00000264. The van der Waals surface area contributed by atoms with Gasteiger partial charge in [-0.05, 0) is 33.3 Å². The Kier molecular flexibility index (Phi) is 9.15. The zero-order valence-corrected chi connectivity index (χ0v) is 17.0. The van der Waals surface area contributed by atoms with Crippen molar-refractivity contribution in [2.75, 3.05) is 13.1 Å². The van der Waals surface area contributed by atoms with Gasteiger partial charge in [-0.3, -0.25) is 4.68 Å². The minimum atomic E-state index is 0. The van der Waals surface area contributed by atoms with Gasteiger partial charge in [0.1, 0.15) is 5.01 Å². The lowest BCUT2D eigenvalue weighted by atomic mass is 10.4. The highest BCUT2D eigenvalue weighted by molar-refractivity contribution is 14.0. The number of aryl methyl sites for hydroxylation is 3. The lowest BCUT2D eigenvalue weighted by Crippen LogP contribution is -2.38. The molecule has 2 rings (SSSR count). The molecule has 2 N–H and O–H groups in total. The second-order valence-corrected chi connectivity index (χ2v) is 6.28. The average molecular weight is 448 g/mol. The number of halogens is 1. The zero-order valence-electron chi connectivity index (χ0n) is 13.9. The molecule has 0 saturated heterocycles. The van der Waals surface area contributed by atoms with Gasteiger partial charge in [0.15, 0.2) is 5.96 Å². The van der Waals surface area contributed by atoms with Crippen LogP contribution >= 0.6 is 35.3 Å². The molecule has 6 nitrogen and oxygen atoms in total. The number of rotatable bonds is 7. The fourth-order valence-corrected chi connectivity index (χ4v) is 2.83. The minimum absolute atomic E-state index is 0. The van der Waals surface area contributed by atoms with Crippen LogP contribution in [0.25, 0.3) is 0 Å². The van der Waals surface area contributed by atoms with E-state index >= 15 is 0 Å². The molecule has 0 amide bonds. The van der Waals surface area contributed by atoms with Crippen LogP contribution in [0.15, 0.2) is 23.5 Å². The zero-order chi connectivity index (χ0) is 15.8. The van der Waals surface area contributed by atoms with E-state index in [4.69, 9.17) is 0 Å². The maximum absolute atomic E-state index is 4.59. The third-order valence-corrected chi connectivity index (χ3v) is 4.26. The molecule has 0 bridgehead atoms. The van der Waals surface area contributed by atoms with Crippen molar-refractivity contribution in [1.82, 2.24) is 25.4 Å². The van der Waals surface area contributed by atoms with E-state index in [1.807, 2.05) is 23.9 Å². The van der Waals surface area contributed by atoms with Crippen molar-refractivity contribution in [1.29, 1.82) is 0 Å². The molecule has 0 unspecified atom stereocenters. The van der Waals surface area contributed by atoms with Crippen LogP contribution in [0.2, 0.25) is 0 Å². The molecule has 0 aliphatic heterocycles. The van der Waals surface area contributed by atoms with Gasteiger partial charge >= 0.3 is 0 Å². The number of guanidine groups is 1. The summed E-state index contributed by atoms with van der Waals surface area (Å²) in [4.78, 5) is 10.4. The summed E-state index contributed by atoms with van der Waals surface area (Å²) >= 11 is 1.72.